The number of nitrogens with one attached hydrogen (secondary N) is 1. The second-order valence-electron chi connectivity index (χ2n) is 6.75. The third kappa shape index (κ3) is 5.13. The van der Waals surface area contributed by atoms with Crippen LogP contribution in [0.5, 0.6) is 0 Å². The average molecular weight is 464 g/mol. The Morgan fingerprint density at radius 2 is 2.07 bits per heavy atom. The summed E-state index contributed by atoms with van der Waals surface area (Å²) in [5.41, 5.74) is 1.39. The molecule has 3 heterocycles. The molecule has 0 bridgehead atoms. The van der Waals surface area contributed by atoms with Crippen LogP contribution < -0.4 is 5.32 Å². The summed E-state index contributed by atoms with van der Waals surface area (Å²) in [4.78, 5) is 16.5. The number of aromatic nitrogens is 4. The summed E-state index contributed by atoms with van der Waals surface area (Å²) in [5.74, 6) is 0.679. The third-order valence-electron chi connectivity index (χ3n) is 4.60. The van der Waals surface area contributed by atoms with Crippen molar-refractivity contribution in [2.45, 2.75) is 30.6 Å². The molecule has 1 aromatic carbocycles. The Labute approximate surface area is 188 Å². The molecule has 156 valence electrons. The Morgan fingerprint density at radius 1 is 1.23 bits per heavy atom. The Balaban J connectivity index is 1.49. The molecule has 1 fully saturated rings. The van der Waals surface area contributed by atoms with Gasteiger partial charge in [-0.25, -0.2) is 0 Å². The van der Waals surface area contributed by atoms with Gasteiger partial charge in [-0.1, -0.05) is 35.0 Å². The number of anilines is 1. The van der Waals surface area contributed by atoms with E-state index < -0.39 is 0 Å². The van der Waals surface area contributed by atoms with Crippen molar-refractivity contribution >= 4 is 46.6 Å². The molecule has 4 rings (SSSR count). The molecule has 2 aromatic heterocycles. The van der Waals surface area contributed by atoms with E-state index in [0.717, 1.165) is 30.8 Å². The SMILES string of the molecule is O=C(CSc1nnc(-c2ccncc2)n1C[C@@H]1CCCO1)Nc1cc(Cl)ccc1Cl. The molecule has 0 aliphatic carbocycles. The molecule has 1 amide bonds. The van der Waals surface area contributed by atoms with Gasteiger partial charge >= 0.3 is 0 Å². The van der Waals surface area contributed by atoms with Crippen molar-refractivity contribution in [3.63, 3.8) is 0 Å². The zero-order valence-corrected chi connectivity index (χ0v) is 18.3. The number of benzene rings is 1. The van der Waals surface area contributed by atoms with E-state index in [9.17, 15) is 4.79 Å². The number of carbonyl (C=O) groups is 1. The Morgan fingerprint density at radius 3 is 2.83 bits per heavy atom. The van der Waals surface area contributed by atoms with Gasteiger partial charge in [0.1, 0.15) is 0 Å². The Kier molecular flexibility index (Phi) is 6.89. The van der Waals surface area contributed by atoms with Crippen molar-refractivity contribution in [3.05, 3.63) is 52.8 Å². The number of nitrogens with zero attached hydrogens (tertiary/aromatic N) is 4. The molecule has 1 aliphatic heterocycles. The van der Waals surface area contributed by atoms with Gasteiger partial charge in [-0.15, -0.1) is 10.2 Å². The number of hydrogen-bond acceptors (Lipinski definition) is 6. The van der Waals surface area contributed by atoms with Crippen LogP contribution in [-0.2, 0) is 16.1 Å². The minimum atomic E-state index is -0.207. The number of pyridine rings is 1. The zero-order valence-electron chi connectivity index (χ0n) is 15.9. The number of halogens is 2. The molecule has 0 unspecified atom stereocenters. The fourth-order valence-electron chi connectivity index (χ4n) is 3.18. The Hall–Kier alpha value is -2.13. The number of amides is 1. The molecule has 1 atom stereocenters. The van der Waals surface area contributed by atoms with E-state index in [0.29, 0.717) is 27.4 Å². The van der Waals surface area contributed by atoms with Gasteiger partial charge in [0.25, 0.3) is 0 Å². The summed E-state index contributed by atoms with van der Waals surface area (Å²) < 4.78 is 7.81. The summed E-state index contributed by atoms with van der Waals surface area (Å²) in [6.45, 7) is 1.40. The lowest BCUT2D eigenvalue weighted by Crippen LogP contribution is -2.18. The number of hydrogen-bond donors (Lipinski definition) is 1. The van der Waals surface area contributed by atoms with Crippen LogP contribution >= 0.6 is 35.0 Å². The smallest absolute Gasteiger partial charge is 0.234 e. The predicted octanol–water partition coefficient (Wildman–Crippen LogP) is 4.56. The van der Waals surface area contributed by atoms with Crippen LogP contribution in [0.25, 0.3) is 11.4 Å². The molecule has 10 heteroatoms. The van der Waals surface area contributed by atoms with Crippen molar-refractivity contribution in [2.24, 2.45) is 0 Å². The summed E-state index contributed by atoms with van der Waals surface area (Å²) in [7, 11) is 0. The van der Waals surface area contributed by atoms with E-state index in [1.165, 1.54) is 11.8 Å². The summed E-state index contributed by atoms with van der Waals surface area (Å²) >= 11 is 13.4. The first-order valence-corrected chi connectivity index (χ1v) is 11.2. The first-order valence-electron chi connectivity index (χ1n) is 9.43. The van der Waals surface area contributed by atoms with Gasteiger partial charge in [-0.05, 0) is 43.2 Å². The monoisotopic (exact) mass is 463 g/mol. The normalized spacial score (nSPS) is 16.0. The minimum Gasteiger partial charge on any atom is -0.376 e. The number of carbonyl (C=O) groups excluding carboxylic acids is 1. The van der Waals surface area contributed by atoms with E-state index >= 15 is 0 Å². The summed E-state index contributed by atoms with van der Waals surface area (Å²) in [6, 6.07) is 8.71. The minimum absolute atomic E-state index is 0.111. The van der Waals surface area contributed by atoms with Gasteiger partial charge < -0.3 is 10.1 Å². The third-order valence-corrected chi connectivity index (χ3v) is 6.13. The lowest BCUT2D eigenvalue weighted by atomic mass is 10.2. The highest BCUT2D eigenvalue weighted by atomic mass is 35.5. The molecular formula is C20H19Cl2N5O2S. The maximum atomic E-state index is 12.5. The van der Waals surface area contributed by atoms with Gasteiger partial charge in [-0.3, -0.25) is 14.3 Å². The van der Waals surface area contributed by atoms with Gasteiger partial charge in [-0.2, -0.15) is 0 Å². The first kappa shape index (κ1) is 21.1. The quantitative estimate of drug-likeness (QED) is 0.517. The molecule has 0 saturated carbocycles. The van der Waals surface area contributed by atoms with Crippen molar-refractivity contribution in [2.75, 3.05) is 17.7 Å². The maximum absolute atomic E-state index is 12.5. The standard InChI is InChI=1S/C20H19Cl2N5O2S/c21-14-3-4-16(22)17(10-14)24-18(28)12-30-20-26-25-19(13-5-7-23-8-6-13)27(20)11-15-2-1-9-29-15/h3-8,10,15H,1-2,9,11-12H2,(H,24,28)/t15-/m0/s1. The molecule has 7 nitrogen and oxygen atoms in total. The van der Waals surface area contributed by atoms with E-state index in [-0.39, 0.29) is 17.8 Å². The molecule has 1 saturated heterocycles. The highest BCUT2D eigenvalue weighted by molar-refractivity contribution is 7.99. The van der Waals surface area contributed by atoms with Crippen molar-refractivity contribution < 1.29 is 9.53 Å². The predicted molar refractivity (Wildman–Crippen MR) is 118 cm³/mol. The van der Waals surface area contributed by atoms with Crippen LogP contribution in [0, 0.1) is 0 Å². The first-order chi connectivity index (χ1) is 14.6. The van der Waals surface area contributed by atoms with Gasteiger partial charge in [0.05, 0.1) is 29.1 Å². The van der Waals surface area contributed by atoms with Crippen LogP contribution in [-0.4, -0.2) is 44.1 Å². The van der Waals surface area contributed by atoms with Crippen molar-refractivity contribution in [1.29, 1.82) is 0 Å². The lowest BCUT2D eigenvalue weighted by Gasteiger charge is -2.14. The van der Waals surface area contributed by atoms with Crippen LogP contribution in [0.15, 0.2) is 47.9 Å². The summed E-state index contributed by atoms with van der Waals surface area (Å²) in [6.07, 6.45) is 5.58. The second-order valence-corrected chi connectivity index (χ2v) is 8.53. The zero-order chi connectivity index (χ0) is 20.9. The molecule has 0 spiro atoms. The highest BCUT2D eigenvalue weighted by Gasteiger charge is 2.22. The molecule has 1 aliphatic rings. The van der Waals surface area contributed by atoms with E-state index in [1.807, 2.05) is 16.7 Å². The van der Waals surface area contributed by atoms with Crippen LogP contribution in [0.4, 0.5) is 5.69 Å². The van der Waals surface area contributed by atoms with Crippen LogP contribution in [0.3, 0.4) is 0 Å². The van der Waals surface area contributed by atoms with Gasteiger partial charge in [0.15, 0.2) is 11.0 Å². The van der Waals surface area contributed by atoms with Gasteiger partial charge in [0.2, 0.25) is 5.91 Å². The average Bonchev–Trinajstić information content (AvgIpc) is 3.40. The topological polar surface area (TPSA) is 81.9 Å². The van der Waals surface area contributed by atoms with Crippen molar-refractivity contribution in [1.82, 2.24) is 19.7 Å². The largest absolute Gasteiger partial charge is 0.376 e. The second kappa shape index (κ2) is 9.78. The molecule has 1 N–H and O–H groups in total. The highest BCUT2D eigenvalue weighted by Crippen LogP contribution is 2.28. The fraction of sp³-hybridized carbons (Fsp3) is 0.300. The maximum Gasteiger partial charge on any atom is 0.234 e. The molecular weight excluding hydrogens is 445 g/mol. The molecule has 3 aromatic rings. The van der Waals surface area contributed by atoms with Crippen LogP contribution in [0.1, 0.15) is 12.8 Å². The number of ether oxygens (including phenoxy) is 1. The molecule has 30 heavy (non-hydrogen) atoms. The van der Waals surface area contributed by atoms with Crippen LogP contribution in [0.2, 0.25) is 10.0 Å². The number of thioether (sulfide) groups is 1. The molecule has 0 radical (unpaired) electrons. The summed E-state index contributed by atoms with van der Waals surface area (Å²) in [5, 5.41) is 13.0. The van der Waals surface area contributed by atoms with E-state index in [2.05, 4.69) is 20.5 Å². The van der Waals surface area contributed by atoms with Crippen molar-refractivity contribution in [3.8, 4) is 11.4 Å². The fourth-order valence-corrected chi connectivity index (χ4v) is 4.26. The van der Waals surface area contributed by atoms with Gasteiger partial charge in [0, 0.05) is 29.6 Å². The lowest BCUT2D eigenvalue weighted by molar-refractivity contribution is -0.113. The van der Waals surface area contributed by atoms with E-state index in [1.54, 1.807) is 30.6 Å². The number of rotatable bonds is 7. The van der Waals surface area contributed by atoms with E-state index in [4.69, 9.17) is 27.9 Å². The Bertz CT molecular complexity index is 1030.